The maximum Gasteiger partial charge on any atom is 0.408 e. The first-order valence-corrected chi connectivity index (χ1v) is 5.74. The molecule has 0 aromatic carbocycles. The highest BCUT2D eigenvalue weighted by Gasteiger charge is 2.26. The van der Waals surface area contributed by atoms with E-state index in [4.69, 9.17) is 10.6 Å². The van der Waals surface area contributed by atoms with Crippen molar-refractivity contribution in [3.05, 3.63) is 30.1 Å². The molecule has 1 aromatic heterocycles. The molecule has 104 valence electrons. The summed E-state index contributed by atoms with van der Waals surface area (Å²) in [6, 6.07) is 4.02. The third kappa shape index (κ3) is 4.92. The highest BCUT2D eigenvalue weighted by atomic mass is 16.6. The Kier molecular flexibility index (Phi) is 4.82. The number of pyridine rings is 1. The van der Waals surface area contributed by atoms with Crippen LogP contribution in [-0.2, 0) is 9.53 Å². The fourth-order valence-corrected chi connectivity index (χ4v) is 1.33. The van der Waals surface area contributed by atoms with Crippen LogP contribution in [0.1, 0.15) is 32.5 Å². The van der Waals surface area contributed by atoms with E-state index in [0.29, 0.717) is 5.69 Å². The van der Waals surface area contributed by atoms with E-state index in [1.54, 1.807) is 39.0 Å². The molecule has 19 heavy (non-hydrogen) atoms. The smallest absolute Gasteiger partial charge is 0.408 e. The Morgan fingerprint density at radius 3 is 2.53 bits per heavy atom. The van der Waals surface area contributed by atoms with Gasteiger partial charge in [-0.1, -0.05) is 6.07 Å². The van der Waals surface area contributed by atoms with Gasteiger partial charge in [-0.15, -0.1) is 0 Å². The van der Waals surface area contributed by atoms with Crippen LogP contribution in [0.25, 0.3) is 0 Å². The van der Waals surface area contributed by atoms with Crippen molar-refractivity contribution in [1.29, 1.82) is 0 Å². The molecule has 0 saturated heterocycles. The number of nitrogens with two attached hydrogens (primary N) is 1. The lowest BCUT2D eigenvalue weighted by molar-refractivity contribution is -0.123. The summed E-state index contributed by atoms with van der Waals surface area (Å²) >= 11 is 0. The summed E-state index contributed by atoms with van der Waals surface area (Å²) < 4.78 is 5.09. The standard InChI is InChI=1S/C12H18N4O3/c1-12(2,3)19-11(18)15-9(10(17)16-13)8-6-4-5-7-14-8/h4-7,9H,13H2,1-3H3,(H,15,18)(H,16,17). The predicted octanol–water partition coefficient (Wildman–Crippen LogP) is 0.637. The van der Waals surface area contributed by atoms with Gasteiger partial charge in [0.05, 0.1) is 5.69 Å². The minimum Gasteiger partial charge on any atom is -0.444 e. The molecule has 7 nitrogen and oxygen atoms in total. The molecule has 0 spiro atoms. The number of carbonyl (C=O) groups is 2. The quantitative estimate of drug-likeness (QED) is 0.423. The Labute approximate surface area is 111 Å². The number of aromatic nitrogens is 1. The Morgan fingerprint density at radius 1 is 1.37 bits per heavy atom. The number of rotatable bonds is 3. The van der Waals surface area contributed by atoms with Gasteiger partial charge < -0.3 is 10.1 Å². The second-order valence-corrected chi connectivity index (χ2v) is 4.84. The summed E-state index contributed by atoms with van der Waals surface area (Å²) in [6.45, 7) is 5.18. The van der Waals surface area contributed by atoms with Crippen LogP contribution in [0.15, 0.2) is 24.4 Å². The summed E-state index contributed by atoms with van der Waals surface area (Å²) in [4.78, 5) is 27.4. The Bertz CT molecular complexity index is 442. The van der Waals surface area contributed by atoms with Crippen molar-refractivity contribution in [2.75, 3.05) is 0 Å². The van der Waals surface area contributed by atoms with Gasteiger partial charge in [0.2, 0.25) is 0 Å². The molecular formula is C12H18N4O3. The molecule has 0 bridgehead atoms. The topological polar surface area (TPSA) is 106 Å². The Hall–Kier alpha value is -2.15. The van der Waals surface area contributed by atoms with E-state index in [0.717, 1.165) is 0 Å². The second kappa shape index (κ2) is 6.14. The predicted molar refractivity (Wildman–Crippen MR) is 68.7 cm³/mol. The highest BCUT2D eigenvalue weighted by molar-refractivity contribution is 5.86. The lowest BCUT2D eigenvalue weighted by atomic mass is 10.2. The summed E-state index contributed by atoms with van der Waals surface area (Å²) in [5, 5.41) is 2.42. The van der Waals surface area contributed by atoms with Gasteiger partial charge in [0, 0.05) is 6.20 Å². The number of alkyl carbamates (subject to hydrolysis) is 1. The van der Waals surface area contributed by atoms with Crippen molar-refractivity contribution in [3.8, 4) is 0 Å². The maximum absolute atomic E-state index is 11.7. The van der Waals surface area contributed by atoms with E-state index in [-0.39, 0.29) is 0 Å². The third-order valence-corrected chi connectivity index (χ3v) is 2.05. The lowest BCUT2D eigenvalue weighted by Gasteiger charge is -2.22. The number of hydrazine groups is 1. The van der Waals surface area contributed by atoms with Crippen LogP contribution < -0.4 is 16.6 Å². The molecule has 0 aliphatic carbocycles. The number of nitrogens with one attached hydrogen (secondary N) is 2. The van der Waals surface area contributed by atoms with Crippen LogP contribution in [0.4, 0.5) is 4.79 Å². The van der Waals surface area contributed by atoms with Gasteiger partial charge in [-0.25, -0.2) is 10.6 Å². The third-order valence-electron chi connectivity index (χ3n) is 2.05. The fourth-order valence-electron chi connectivity index (χ4n) is 1.33. The van der Waals surface area contributed by atoms with Gasteiger partial charge in [0.25, 0.3) is 5.91 Å². The number of ether oxygens (including phenoxy) is 1. The minimum absolute atomic E-state index is 0.372. The largest absolute Gasteiger partial charge is 0.444 e. The Morgan fingerprint density at radius 2 is 2.05 bits per heavy atom. The van der Waals surface area contributed by atoms with E-state index in [1.165, 1.54) is 6.20 Å². The zero-order chi connectivity index (χ0) is 14.5. The van der Waals surface area contributed by atoms with Crippen molar-refractivity contribution in [2.24, 2.45) is 5.84 Å². The molecule has 1 atom stereocenters. The van der Waals surface area contributed by atoms with Gasteiger partial charge in [-0.3, -0.25) is 15.2 Å². The number of hydrogen-bond donors (Lipinski definition) is 3. The van der Waals surface area contributed by atoms with Crippen molar-refractivity contribution in [2.45, 2.75) is 32.4 Å². The number of nitrogens with zero attached hydrogens (tertiary/aromatic N) is 1. The molecule has 2 amide bonds. The van der Waals surface area contributed by atoms with Gasteiger partial charge in [0.1, 0.15) is 5.60 Å². The molecule has 7 heteroatoms. The lowest BCUT2D eigenvalue weighted by Crippen LogP contribution is -2.44. The van der Waals surface area contributed by atoms with Crippen molar-refractivity contribution >= 4 is 12.0 Å². The van der Waals surface area contributed by atoms with Crippen molar-refractivity contribution < 1.29 is 14.3 Å². The average Bonchev–Trinajstić information content (AvgIpc) is 2.34. The van der Waals surface area contributed by atoms with Gasteiger partial charge in [0.15, 0.2) is 6.04 Å². The molecule has 0 aliphatic heterocycles. The molecule has 0 saturated carbocycles. The molecular weight excluding hydrogens is 248 g/mol. The molecule has 0 aliphatic rings. The maximum atomic E-state index is 11.7. The van der Waals surface area contributed by atoms with E-state index in [9.17, 15) is 9.59 Å². The van der Waals surface area contributed by atoms with Crippen LogP contribution in [0, 0.1) is 0 Å². The summed E-state index contributed by atoms with van der Waals surface area (Å²) in [7, 11) is 0. The Balaban J connectivity index is 2.83. The first-order valence-electron chi connectivity index (χ1n) is 5.74. The summed E-state index contributed by atoms with van der Waals surface area (Å²) in [5.74, 6) is 4.51. The minimum atomic E-state index is -0.999. The summed E-state index contributed by atoms with van der Waals surface area (Å²) in [6.07, 6.45) is 0.801. The van der Waals surface area contributed by atoms with Crippen LogP contribution in [0.3, 0.4) is 0 Å². The SMILES string of the molecule is CC(C)(C)OC(=O)NC(C(=O)NN)c1ccccn1. The number of amides is 2. The van der Waals surface area contributed by atoms with E-state index in [2.05, 4.69) is 10.3 Å². The zero-order valence-corrected chi connectivity index (χ0v) is 11.1. The highest BCUT2D eigenvalue weighted by Crippen LogP contribution is 2.12. The molecule has 1 aromatic rings. The monoisotopic (exact) mass is 266 g/mol. The first kappa shape index (κ1) is 14.9. The van der Waals surface area contributed by atoms with Crippen LogP contribution in [-0.4, -0.2) is 22.6 Å². The second-order valence-electron chi connectivity index (χ2n) is 4.84. The van der Waals surface area contributed by atoms with E-state index < -0.39 is 23.6 Å². The van der Waals surface area contributed by atoms with Crippen LogP contribution >= 0.6 is 0 Å². The van der Waals surface area contributed by atoms with E-state index in [1.807, 2.05) is 5.43 Å². The first-order chi connectivity index (χ1) is 8.83. The molecule has 1 rings (SSSR count). The van der Waals surface area contributed by atoms with Gasteiger partial charge in [-0.05, 0) is 32.9 Å². The summed E-state index contributed by atoms with van der Waals surface area (Å²) in [5.41, 5.74) is 1.70. The average molecular weight is 266 g/mol. The number of carbonyl (C=O) groups excluding carboxylic acids is 2. The number of hydrogen-bond acceptors (Lipinski definition) is 5. The van der Waals surface area contributed by atoms with E-state index >= 15 is 0 Å². The van der Waals surface area contributed by atoms with Crippen molar-refractivity contribution in [1.82, 2.24) is 15.7 Å². The van der Waals surface area contributed by atoms with Crippen molar-refractivity contribution in [3.63, 3.8) is 0 Å². The van der Waals surface area contributed by atoms with Gasteiger partial charge >= 0.3 is 6.09 Å². The normalized spacial score (nSPS) is 12.4. The fraction of sp³-hybridized carbons (Fsp3) is 0.417. The molecule has 4 N–H and O–H groups in total. The molecule has 0 radical (unpaired) electrons. The molecule has 1 unspecified atom stereocenters. The van der Waals surface area contributed by atoms with Gasteiger partial charge in [-0.2, -0.15) is 0 Å². The molecule has 1 heterocycles. The van der Waals surface area contributed by atoms with Crippen LogP contribution in [0.5, 0.6) is 0 Å². The molecule has 0 fully saturated rings. The van der Waals surface area contributed by atoms with Crippen LogP contribution in [0.2, 0.25) is 0 Å². The zero-order valence-electron chi connectivity index (χ0n) is 11.1.